The number of benzene rings is 1. The van der Waals surface area contributed by atoms with Gasteiger partial charge in [0.15, 0.2) is 0 Å². The first-order valence-corrected chi connectivity index (χ1v) is 6.03. The number of carboxylic acid groups (broad SMARTS) is 1. The number of anilines is 1. The van der Waals surface area contributed by atoms with Crippen LogP contribution < -0.4 is 5.32 Å². The summed E-state index contributed by atoms with van der Waals surface area (Å²) in [6.07, 6.45) is 1.31. The smallest absolute Gasteiger partial charge is 0.335 e. The number of aromatic carboxylic acids is 1. The molecule has 0 aliphatic heterocycles. The Bertz CT molecular complexity index is 651. The number of carboxylic acids is 1. The number of amides is 1. The van der Waals surface area contributed by atoms with Gasteiger partial charge in [0, 0.05) is 10.2 Å². The van der Waals surface area contributed by atoms with Crippen LogP contribution in [0.5, 0.6) is 0 Å². The molecule has 1 amide bonds. The quantitative estimate of drug-likeness (QED) is 0.905. The van der Waals surface area contributed by atoms with E-state index in [4.69, 9.17) is 9.63 Å². The zero-order valence-corrected chi connectivity index (χ0v) is 11.4. The molecule has 0 aliphatic carbocycles. The van der Waals surface area contributed by atoms with Gasteiger partial charge in [-0.3, -0.25) is 4.79 Å². The lowest BCUT2D eigenvalue weighted by molar-refractivity contribution is 0.0696. The number of hydrogen-bond acceptors (Lipinski definition) is 4. The van der Waals surface area contributed by atoms with Gasteiger partial charge in [-0.15, -0.1) is 0 Å². The monoisotopic (exact) mass is 324 g/mol. The second-order valence-electron chi connectivity index (χ2n) is 3.78. The molecule has 2 N–H and O–H groups in total. The highest BCUT2D eigenvalue weighted by Gasteiger charge is 2.14. The number of halogens is 1. The highest BCUT2D eigenvalue weighted by atomic mass is 79.9. The summed E-state index contributed by atoms with van der Waals surface area (Å²) in [5.41, 5.74) is 0.751. The van der Waals surface area contributed by atoms with Crippen LogP contribution in [-0.4, -0.2) is 22.1 Å². The summed E-state index contributed by atoms with van der Waals surface area (Å²) in [5.74, 6) is -1.09. The third-order valence-corrected chi connectivity index (χ3v) is 2.86. The number of hydrogen-bond donors (Lipinski definition) is 2. The lowest BCUT2D eigenvalue weighted by Gasteiger charge is -2.06. The third kappa shape index (κ3) is 3.00. The Balaban J connectivity index is 2.26. The maximum Gasteiger partial charge on any atom is 0.335 e. The standard InChI is InChI=1S/C12H9BrN2O4/c1-6-10(5-14-19-6)11(16)15-9-3-7(12(17)18)2-8(13)4-9/h2-5H,1H3,(H,15,16)(H,17,18). The summed E-state index contributed by atoms with van der Waals surface area (Å²) in [5, 5.41) is 15.0. The lowest BCUT2D eigenvalue weighted by Crippen LogP contribution is -2.12. The number of carbonyl (C=O) groups excluding carboxylic acids is 1. The van der Waals surface area contributed by atoms with E-state index in [0.717, 1.165) is 0 Å². The minimum atomic E-state index is -1.07. The maximum absolute atomic E-state index is 11.9. The normalized spacial score (nSPS) is 10.2. The minimum absolute atomic E-state index is 0.0757. The summed E-state index contributed by atoms with van der Waals surface area (Å²) < 4.78 is 5.35. The van der Waals surface area contributed by atoms with Gasteiger partial charge in [0.1, 0.15) is 11.3 Å². The molecule has 2 rings (SSSR count). The van der Waals surface area contributed by atoms with Crippen LogP contribution >= 0.6 is 15.9 Å². The largest absolute Gasteiger partial charge is 0.478 e. The molecular weight excluding hydrogens is 316 g/mol. The molecule has 0 aliphatic rings. The Hall–Kier alpha value is -2.15. The second kappa shape index (κ2) is 5.23. The molecule has 7 heteroatoms. The van der Waals surface area contributed by atoms with Crippen molar-refractivity contribution in [3.63, 3.8) is 0 Å². The van der Waals surface area contributed by atoms with Gasteiger partial charge in [-0.05, 0) is 25.1 Å². The molecular formula is C12H9BrN2O4. The maximum atomic E-state index is 11.9. The molecule has 1 aromatic heterocycles. The first-order valence-electron chi connectivity index (χ1n) is 5.24. The Morgan fingerprint density at radius 3 is 2.68 bits per heavy atom. The van der Waals surface area contributed by atoms with E-state index in [2.05, 4.69) is 26.4 Å². The Morgan fingerprint density at radius 2 is 2.11 bits per heavy atom. The molecule has 1 heterocycles. The number of nitrogens with zero attached hydrogens (tertiary/aromatic N) is 1. The molecule has 19 heavy (non-hydrogen) atoms. The predicted octanol–water partition coefficient (Wildman–Crippen LogP) is 2.70. The summed E-state index contributed by atoms with van der Waals surface area (Å²) >= 11 is 3.19. The van der Waals surface area contributed by atoms with E-state index >= 15 is 0 Å². The number of nitrogens with one attached hydrogen (secondary N) is 1. The molecule has 2 aromatic rings. The Kier molecular flexibility index (Phi) is 3.66. The third-order valence-electron chi connectivity index (χ3n) is 2.40. The van der Waals surface area contributed by atoms with E-state index in [9.17, 15) is 9.59 Å². The van der Waals surface area contributed by atoms with Gasteiger partial charge >= 0.3 is 5.97 Å². The van der Waals surface area contributed by atoms with Crippen LogP contribution in [0, 0.1) is 6.92 Å². The zero-order valence-electron chi connectivity index (χ0n) is 9.81. The van der Waals surface area contributed by atoms with Crippen molar-refractivity contribution in [1.29, 1.82) is 0 Å². The van der Waals surface area contributed by atoms with Crippen LogP contribution in [0.2, 0.25) is 0 Å². The van der Waals surface area contributed by atoms with Crippen molar-refractivity contribution in [1.82, 2.24) is 5.16 Å². The highest BCUT2D eigenvalue weighted by molar-refractivity contribution is 9.10. The van der Waals surface area contributed by atoms with Gasteiger partial charge in [-0.2, -0.15) is 0 Å². The van der Waals surface area contributed by atoms with Crippen molar-refractivity contribution in [2.75, 3.05) is 5.32 Å². The summed E-state index contributed by atoms with van der Waals surface area (Å²) in [7, 11) is 0. The van der Waals surface area contributed by atoms with E-state index in [1.165, 1.54) is 18.3 Å². The average molecular weight is 325 g/mol. The van der Waals surface area contributed by atoms with Crippen molar-refractivity contribution in [2.45, 2.75) is 6.92 Å². The topological polar surface area (TPSA) is 92.4 Å². The molecule has 0 spiro atoms. The van der Waals surface area contributed by atoms with Crippen LogP contribution in [0.3, 0.4) is 0 Å². The molecule has 98 valence electrons. The fourth-order valence-corrected chi connectivity index (χ4v) is 1.99. The Morgan fingerprint density at radius 1 is 1.37 bits per heavy atom. The summed E-state index contributed by atoms with van der Waals surface area (Å²) in [6, 6.07) is 4.42. The van der Waals surface area contributed by atoms with E-state index in [0.29, 0.717) is 21.5 Å². The van der Waals surface area contributed by atoms with Crippen molar-refractivity contribution in [2.24, 2.45) is 0 Å². The Labute approximate surface area is 116 Å². The molecule has 0 saturated carbocycles. The van der Waals surface area contributed by atoms with E-state index < -0.39 is 11.9 Å². The number of aryl methyl sites for hydroxylation is 1. The van der Waals surface area contributed by atoms with Gasteiger partial charge in [0.2, 0.25) is 0 Å². The SMILES string of the molecule is Cc1oncc1C(=O)Nc1cc(Br)cc(C(=O)O)c1. The van der Waals surface area contributed by atoms with Gasteiger partial charge < -0.3 is 14.9 Å². The fourth-order valence-electron chi connectivity index (χ4n) is 1.50. The zero-order chi connectivity index (χ0) is 14.0. The van der Waals surface area contributed by atoms with E-state index in [1.54, 1.807) is 13.0 Å². The molecule has 0 radical (unpaired) electrons. The van der Waals surface area contributed by atoms with Crippen LogP contribution in [0.1, 0.15) is 26.5 Å². The molecule has 0 unspecified atom stereocenters. The van der Waals surface area contributed by atoms with Gasteiger partial charge in [-0.25, -0.2) is 4.79 Å². The van der Waals surface area contributed by atoms with Crippen LogP contribution in [0.25, 0.3) is 0 Å². The van der Waals surface area contributed by atoms with E-state index in [1.807, 2.05) is 0 Å². The van der Waals surface area contributed by atoms with Crippen molar-refractivity contribution < 1.29 is 19.2 Å². The van der Waals surface area contributed by atoms with Crippen molar-refractivity contribution in [3.8, 4) is 0 Å². The minimum Gasteiger partial charge on any atom is -0.478 e. The van der Waals surface area contributed by atoms with Gasteiger partial charge in [0.25, 0.3) is 5.91 Å². The van der Waals surface area contributed by atoms with Crippen LogP contribution in [0.4, 0.5) is 5.69 Å². The van der Waals surface area contributed by atoms with E-state index in [-0.39, 0.29) is 5.56 Å². The molecule has 0 saturated heterocycles. The fraction of sp³-hybridized carbons (Fsp3) is 0.0833. The average Bonchev–Trinajstić information content (AvgIpc) is 2.74. The van der Waals surface area contributed by atoms with Crippen molar-refractivity contribution in [3.05, 3.63) is 45.8 Å². The van der Waals surface area contributed by atoms with Gasteiger partial charge in [-0.1, -0.05) is 21.1 Å². The second-order valence-corrected chi connectivity index (χ2v) is 4.70. The molecule has 0 atom stereocenters. The van der Waals surface area contributed by atoms with Crippen LogP contribution in [-0.2, 0) is 0 Å². The van der Waals surface area contributed by atoms with Gasteiger partial charge in [0.05, 0.1) is 11.8 Å². The first kappa shape index (κ1) is 13.3. The van der Waals surface area contributed by atoms with Crippen LogP contribution in [0.15, 0.2) is 33.4 Å². The molecule has 0 bridgehead atoms. The summed E-state index contributed by atoms with van der Waals surface area (Å²) in [6.45, 7) is 1.62. The highest BCUT2D eigenvalue weighted by Crippen LogP contribution is 2.20. The number of aromatic nitrogens is 1. The first-order chi connectivity index (χ1) is 8.97. The summed E-state index contributed by atoms with van der Waals surface area (Å²) in [4.78, 5) is 22.8. The molecule has 6 nitrogen and oxygen atoms in total. The molecule has 0 fully saturated rings. The molecule has 1 aromatic carbocycles. The number of rotatable bonds is 3. The lowest BCUT2D eigenvalue weighted by atomic mass is 10.2. The predicted molar refractivity (Wildman–Crippen MR) is 70.3 cm³/mol. The number of carbonyl (C=O) groups is 2. The van der Waals surface area contributed by atoms with Crippen molar-refractivity contribution >= 4 is 33.5 Å².